The molecule has 12 heteroatoms. The first-order valence-corrected chi connectivity index (χ1v) is 17.1. The lowest BCUT2D eigenvalue weighted by Crippen LogP contribution is -2.59. The van der Waals surface area contributed by atoms with Crippen molar-refractivity contribution in [3.63, 3.8) is 0 Å². The van der Waals surface area contributed by atoms with Crippen molar-refractivity contribution in [2.75, 3.05) is 11.3 Å². The SMILES string of the molecule is Cc1cccc(C)c1-c1cc2nc(n1)NS(=O)(=O)c1cccc(c1)C(=O)N(C1CC(NC(=O)OC(C)(C)C)C1)[C@H](CC(C)C)CO2. The van der Waals surface area contributed by atoms with Crippen LogP contribution in [0.3, 0.4) is 0 Å². The minimum Gasteiger partial charge on any atom is -0.475 e. The number of alkyl carbamates (subject to hydrolysis) is 1. The second-order valence-electron chi connectivity index (χ2n) is 13.6. The maximum atomic E-state index is 14.3. The Labute approximate surface area is 271 Å². The molecule has 1 fully saturated rings. The molecule has 0 unspecified atom stereocenters. The van der Waals surface area contributed by atoms with E-state index < -0.39 is 21.7 Å². The minimum atomic E-state index is -4.16. The molecule has 0 spiro atoms. The highest BCUT2D eigenvalue weighted by molar-refractivity contribution is 7.92. The molecule has 4 bridgehead atoms. The van der Waals surface area contributed by atoms with Crippen LogP contribution in [0.2, 0.25) is 0 Å². The number of nitrogens with zero attached hydrogens (tertiary/aromatic N) is 3. The van der Waals surface area contributed by atoms with Crippen molar-refractivity contribution < 1.29 is 27.5 Å². The lowest BCUT2D eigenvalue weighted by Gasteiger charge is -2.46. The lowest BCUT2D eigenvalue weighted by atomic mass is 9.83. The maximum absolute atomic E-state index is 14.3. The number of carbonyl (C=O) groups is 2. The molecule has 3 aromatic rings. The normalized spacial score (nSPS) is 21.1. The molecule has 5 rings (SSSR count). The summed E-state index contributed by atoms with van der Waals surface area (Å²) in [6.07, 6.45) is 1.17. The Morgan fingerprint density at radius 2 is 1.76 bits per heavy atom. The summed E-state index contributed by atoms with van der Waals surface area (Å²) in [5.74, 6) is -0.0239. The van der Waals surface area contributed by atoms with Gasteiger partial charge in [-0.15, -0.1) is 0 Å². The van der Waals surface area contributed by atoms with Crippen molar-refractivity contribution in [2.24, 2.45) is 5.92 Å². The highest BCUT2D eigenvalue weighted by Gasteiger charge is 2.41. The van der Waals surface area contributed by atoms with E-state index in [-0.39, 0.29) is 58.8 Å². The summed E-state index contributed by atoms with van der Waals surface area (Å²) in [6.45, 7) is 13.6. The number of ether oxygens (including phenoxy) is 2. The van der Waals surface area contributed by atoms with Crippen LogP contribution < -0.4 is 14.8 Å². The van der Waals surface area contributed by atoms with E-state index in [0.717, 1.165) is 16.7 Å². The molecule has 1 saturated carbocycles. The standard InChI is InChI=1S/C34H43N5O6S/c1-20(2)14-26-19-44-29-18-28(30-21(3)10-8-11-22(30)4)36-32(37-29)38-46(42,43)27-13-9-12-23(15-27)31(40)39(26)25-16-24(17-25)35-33(41)45-34(5,6)7/h8-13,15,18,20,24-26H,14,16-17,19H2,1-7H3,(H,35,41)(H,36,37,38)/t24?,25?,26-/m1/s1. The van der Waals surface area contributed by atoms with Crippen LogP contribution in [0, 0.1) is 19.8 Å². The predicted octanol–water partition coefficient (Wildman–Crippen LogP) is 5.87. The van der Waals surface area contributed by atoms with Crippen LogP contribution in [-0.2, 0) is 14.8 Å². The fraction of sp³-hybridized carbons (Fsp3) is 0.471. The van der Waals surface area contributed by atoms with Gasteiger partial charge in [-0.2, -0.15) is 4.98 Å². The number of rotatable bonds is 5. The summed E-state index contributed by atoms with van der Waals surface area (Å²) in [4.78, 5) is 37.5. The van der Waals surface area contributed by atoms with E-state index >= 15 is 0 Å². The second-order valence-corrected chi connectivity index (χ2v) is 15.3. The number of sulfonamides is 1. The molecule has 246 valence electrons. The largest absolute Gasteiger partial charge is 0.475 e. The van der Waals surface area contributed by atoms with Gasteiger partial charge in [-0.1, -0.05) is 38.1 Å². The number of aromatic nitrogens is 2. The summed E-state index contributed by atoms with van der Waals surface area (Å²) < 4.78 is 41.4. The Morgan fingerprint density at radius 1 is 1.09 bits per heavy atom. The number of fused-ring (bicyclic) bond motifs is 4. The van der Waals surface area contributed by atoms with Gasteiger partial charge in [0.15, 0.2) is 0 Å². The molecule has 2 aromatic carbocycles. The molecular weight excluding hydrogens is 606 g/mol. The van der Waals surface area contributed by atoms with Gasteiger partial charge in [0.1, 0.15) is 12.2 Å². The van der Waals surface area contributed by atoms with Gasteiger partial charge in [0.25, 0.3) is 15.9 Å². The average molecular weight is 650 g/mol. The van der Waals surface area contributed by atoms with Gasteiger partial charge < -0.3 is 19.7 Å². The van der Waals surface area contributed by atoms with Crippen LogP contribution in [0.1, 0.15) is 75.4 Å². The Kier molecular flexibility index (Phi) is 9.30. The molecule has 2 heterocycles. The zero-order valence-corrected chi connectivity index (χ0v) is 28.3. The van der Waals surface area contributed by atoms with Crippen molar-refractivity contribution in [2.45, 2.75) is 96.4 Å². The first-order chi connectivity index (χ1) is 21.6. The van der Waals surface area contributed by atoms with Gasteiger partial charge in [-0.05, 0) is 89.1 Å². The van der Waals surface area contributed by atoms with Gasteiger partial charge in [-0.3, -0.25) is 4.79 Å². The van der Waals surface area contributed by atoms with Crippen molar-refractivity contribution in [1.82, 2.24) is 20.2 Å². The van der Waals surface area contributed by atoms with E-state index in [1.54, 1.807) is 43.9 Å². The van der Waals surface area contributed by atoms with Crippen molar-refractivity contribution in [3.05, 3.63) is 65.2 Å². The second kappa shape index (κ2) is 12.9. The molecule has 1 aliphatic heterocycles. The zero-order chi connectivity index (χ0) is 33.4. The molecule has 0 saturated heterocycles. The van der Waals surface area contributed by atoms with Crippen LogP contribution in [0.5, 0.6) is 5.88 Å². The number of amides is 2. The number of aryl methyl sites for hydroxylation is 2. The van der Waals surface area contributed by atoms with Gasteiger partial charge in [0, 0.05) is 29.3 Å². The smallest absolute Gasteiger partial charge is 0.407 e. The van der Waals surface area contributed by atoms with E-state index in [1.807, 2.05) is 32.0 Å². The molecule has 2 aliphatic rings. The third-order valence-corrected chi connectivity index (χ3v) is 9.41. The first-order valence-electron chi connectivity index (χ1n) is 15.6. The van der Waals surface area contributed by atoms with Gasteiger partial charge in [0.2, 0.25) is 11.8 Å². The van der Waals surface area contributed by atoms with Crippen LogP contribution in [0.4, 0.5) is 10.7 Å². The average Bonchev–Trinajstić information content (AvgIpc) is 2.92. The number of hydrogen-bond acceptors (Lipinski definition) is 8. The summed E-state index contributed by atoms with van der Waals surface area (Å²) in [5.41, 5.74) is 2.93. The molecule has 1 aromatic heterocycles. The van der Waals surface area contributed by atoms with E-state index in [4.69, 9.17) is 9.47 Å². The number of carbonyl (C=O) groups excluding carboxylic acids is 2. The molecule has 2 amide bonds. The van der Waals surface area contributed by atoms with Gasteiger partial charge >= 0.3 is 6.09 Å². The Bertz CT molecular complexity index is 1710. The summed E-state index contributed by atoms with van der Waals surface area (Å²) in [7, 11) is -4.16. The Morgan fingerprint density at radius 3 is 2.41 bits per heavy atom. The topological polar surface area (TPSA) is 140 Å². The number of nitrogens with one attached hydrogen (secondary N) is 2. The number of benzene rings is 2. The third-order valence-electron chi connectivity index (χ3n) is 8.08. The molecule has 11 nitrogen and oxygen atoms in total. The zero-order valence-electron chi connectivity index (χ0n) is 27.5. The quantitative estimate of drug-likeness (QED) is 0.350. The molecule has 1 atom stereocenters. The molecular formula is C34H43N5O6S. The van der Waals surface area contributed by atoms with Crippen molar-refractivity contribution in [3.8, 4) is 17.1 Å². The highest BCUT2D eigenvalue weighted by Crippen LogP contribution is 2.34. The fourth-order valence-electron chi connectivity index (χ4n) is 6.04. The van der Waals surface area contributed by atoms with Crippen molar-refractivity contribution in [1.29, 1.82) is 0 Å². The Hall–Kier alpha value is -4.19. The van der Waals surface area contributed by atoms with Crippen LogP contribution in [-0.4, -0.2) is 65.6 Å². The predicted molar refractivity (Wildman–Crippen MR) is 175 cm³/mol. The van der Waals surface area contributed by atoms with Gasteiger partial charge in [0.05, 0.1) is 16.6 Å². The first kappa shape index (κ1) is 33.2. The van der Waals surface area contributed by atoms with E-state index in [1.165, 1.54) is 12.1 Å². The van der Waals surface area contributed by atoms with Gasteiger partial charge in [-0.25, -0.2) is 22.9 Å². The monoisotopic (exact) mass is 649 g/mol. The fourth-order valence-corrected chi connectivity index (χ4v) is 7.03. The lowest BCUT2D eigenvalue weighted by molar-refractivity contribution is 0.0161. The molecule has 2 N–H and O–H groups in total. The maximum Gasteiger partial charge on any atom is 0.407 e. The molecule has 46 heavy (non-hydrogen) atoms. The number of anilines is 1. The van der Waals surface area contributed by atoms with Crippen LogP contribution in [0.15, 0.2) is 53.4 Å². The van der Waals surface area contributed by atoms with Crippen LogP contribution >= 0.6 is 0 Å². The van der Waals surface area contributed by atoms with E-state index in [2.05, 4.69) is 33.9 Å². The van der Waals surface area contributed by atoms with E-state index in [0.29, 0.717) is 25.0 Å². The Balaban J connectivity index is 1.55. The summed E-state index contributed by atoms with van der Waals surface area (Å²) >= 11 is 0. The summed E-state index contributed by atoms with van der Waals surface area (Å²) in [6, 6.07) is 12.8. The number of hydrogen-bond donors (Lipinski definition) is 2. The van der Waals surface area contributed by atoms with Crippen molar-refractivity contribution >= 4 is 28.0 Å². The molecule has 1 aliphatic carbocycles. The molecule has 0 radical (unpaired) electrons. The minimum absolute atomic E-state index is 0.0837. The van der Waals surface area contributed by atoms with Crippen LogP contribution in [0.25, 0.3) is 11.3 Å². The third kappa shape index (κ3) is 7.60. The summed E-state index contributed by atoms with van der Waals surface area (Å²) in [5, 5.41) is 2.91. The van der Waals surface area contributed by atoms with E-state index in [9.17, 15) is 18.0 Å². The highest BCUT2D eigenvalue weighted by atomic mass is 32.2.